The molecule has 0 saturated heterocycles. The van der Waals surface area contributed by atoms with Crippen molar-refractivity contribution in [3.05, 3.63) is 65.2 Å². The van der Waals surface area contributed by atoms with Crippen LogP contribution in [0.2, 0.25) is 5.02 Å². The molecule has 3 rings (SSSR count). The van der Waals surface area contributed by atoms with Crippen LogP contribution in [0.25, 0.3) is 16.7 Å². The molecule has 0 spiro atoms. The lowest BCUT2D eigenvalue weighted by molar-refractivity contribution is -0.131. The second-order valence-electron chi connectivity index (χ2n) is 7.74. The molecule has 2 unspecified atom stereocenters. The summed E-state index contributed by atoms with van der Waals surface area (Å²) < 4.78 is 10.9. The molecule has 5 nitrogen and oxygen atoms in total. The molecule has 0 aliphatic carbocycles. The number of hydroxylamine groups is 1. The monoisotopic (exact) mass is 446 g/mol. The van der Waals surface area contributed by atoms with Crippen LogP contribution in [0.5, 0.6) is 0 Å². The Kier molecular flexibility index (Phi) is 7.47. The number of amides is 1. The van der Waals surface area contributed by atoms with E-state index in [1.54, 1.807) is 12.4 Å². The Morgan fingerprint density at radius 2 is 1.70 bits per heavy atom. The van der Waals surface area contributed by atoms with E-state index in [1.165, 1.54) is 17.4 Å². The van der Waals surface area contributed by atoms with E-state index in [0.717, 1.165) is 35.7 Å². The largest absolute Gasteiger partial charge is 0.299 e. The van der Waals surface area contributed by atoms with E-state index in [0.29, 0.717) is 13.0 Å². The van der Waals surface area contributed by atoms with Gasteiger partial charge in [0.25, 0.3) is 5.91 Å². The van der Waals surface area contributed by atoms with Crippen LogP contribution in [-0.4, -0.2) is 50.9 Å². The number of carbonyl (C=O) groups is 1. The smallest absolute Gasteiger partial charge is 0.261 e. The van der Waals surface area contributed by atoms with E-state index in [2.05, 4.69) is 35.2 Å². The minimum absolute atomic E-state index is 0.418. The average Bonchev–Trinajstić information content (AvgIpc) is 2.77. The molecule has 160 valence electrons. The SMILES string of the molecule is CS(=O)C(C)(CCN1CC=C(c2ccc(-c3ccc(Cl)cc3)cc2)CC1)C(=O)NO. The number of hydrogen-bond acceptors (Lipinski definition) is 4. The fourth-order valence-electron chi connectivity index (χ4n) is 3.57. The van der Waals surface area contributed by atoms with E-state index in [-0.39, 0.29) is 0 Å². The highest BCUT2D eigenvalue weighted by Crippen LogP contribution is 2.27. The maximum absolute atomic E-state index is 12.0. The summed E-state index contributed by atoms with van der Waals surface area (Å²) in [6.45, 7) is 3.92. The van der Waals surface area contributed by atoms with E-state index < -0.39 is 21.5 Å². The van der Waals surface area contributed by atoms with Gasteiger partial charge in [-0.05, 0) is 54.2 Å². The molecule has 2 atom stereocenters. The van der Waals surface area contributed by atoms with E-state index >= 15 is 0 Å². The highest BCUT2D eigenvalue weighted by molar-refractivity contribution is 7.86. The summed E-state index contributed by atoms with van der Waals surface area (Å²) in [5, 5.41) is 9.69. The van der Waals surface area contributed by atoms with Gasteiger partial charge in [-0.25, -0.2) is 5.48 Å². The molecule has 0 fully saturated rings. The van der Waals surface area contributed by atoms with Crippen LogP contribution in [0.3, 0.4) is 0 Å². The first kappa shape index (κ1) is 22.7. The molecule has 1 heterocycles. The van der Waals surface area contributed by atoms with Crippen molar-refractivity contribution in [2.24, 2.45) is 0 Å². The Hall–Kier alpha value is -1.99. The first-order chi connectivity index (χ1) is 14.3. The van der Waals surface area contributed by atoms with E-state index in [4.69, 9.17) is 16.8 Å². The molecule has 1 aliphatic rings. The van der Waals surface area contributed by atoms with Gasteiger partial charge in [0.1, 0.15) is 4.75 Å². The number of rotatable bonds is 7. The second kappa shape index (κ2) is 9.88. The van der Waals surface area contributed by atoms with Gasteiger partial charge in [0.05, 0.1) is 0 Å². The lowest BCUT2D eigenvalue weighted by atomic mass is 9.96. The topological polar surface area (TPSA) is 69.6 Å². The second-order valence-corrected chi connectivity index (χ2v) is 9.99. The van der Waals surface area contributed by atoms with Crippen LogP contribution in [0, 0.1) is 0 Å². The zero-order chi connectivity index (χ0) is 21.7. The van der Waals surface area contributed by atoms with Gasteiger partial charge < -0.3 is 0 Å². The number of nitrogens with one attached hydrogen (secondary N) is 1. The van der Waals surface area contributed by atoms with Crippen molar-refractivity contribution >= 4 is 33.9 Å². The first-order valence-corrected chi connectivity index (χ1v) is 11.8. The van der Waals surface area contributed by atoms with Gasteiger partial charge in [0.2, 0.25) is 0 Å². The lowest BCUT2D eigenvalue weighted by Crippen LogP contribution is -2.48. The van der Waals surface area contributed by atoms with Crippen LogP contribution in [0.15, 0.2) is 54.6 Å². The molecule has 2 aromatic rings. The fourth-order valence-corrected chi connectivity index (χ4v) is 4.38. The Morgan fingerprint density at radius 3 is 2.20 bits per heavy atom. The van der Waals surface area contributed by atoms with E-state index in [1.807, 2.05) is 24.3 Å². The number of benzene rings is 2. The van der Waals surface area contributed by atoms with Gasteiger partial charge in [-0.3, -0.25) is 19.1 Å². The van der Waals surface area contributed by atoms with Gasteiger partial charge in [-0.15, -0.1) is 0 Å². The van der Waals surface area contributed by atoms with Crippen molar-refractivity contribution < 1.29 is 14.2 Å². The van der Waals surface area contributed by atoms with Crippen molar-refractivity contribution in [1.82, 2.24) is 10.4 Å². The molecule has 2 aromatic carbocycles. The molecular weight excluding hydrogens is 420 g/mol. The van der Waals surface area contributed by atoms with Crippen molar-refractivity contribution in [3.63, 3.8) is 0 Å². The first-order valence-electron chi connectivity index (χ1n) is 9.89. The summed E-state index contributed by atoms with van der Waals surface area (Å²) in [6.07, 6.45) is 5.05. The van der Waals surface area contributed by atoms with Crippen LogP contribution in [0.4, 0.5) is 0 Å². The quantitative estimate of drug-likeness (QED) is 0.495. The summed E-state index contributed by atoms with van der Waals surface area (Å²) >= 11 is 5.97. The molecule has 1 amide bonds. The number of halogens is 1. The predicted octanol–water partition coefficient (Wildman–Crippen LogP) is 4.13. The molecule has 7 heteroatoms. The highest BCUT2D eigenvalue weighted by Gasteiger charge is 2.37. The normalized spacial score (nSPS) is 17.7. The summed E-state index contributed by atoms with van der Waals surface area (Å²) in [6, 6.07) is 16.4. The van der Waals surface area contributed by atoms with Crippen molar-refractivity contribution in [2.75, 3.05) is 25.9 Å². The summed E-state index contributed by atoms with van der Waals surface area (Å²) in [4.78, 5) is 14.2. The van der Waals surface area contributed by atoms with E-state index in [9.17, 15) is 9.00 Å². The van der Waals surface area contributed by atoms with Crippen LogP contribution < -0.4 is 5.48 Å². The summed E-state index contributed by atoms with van der Waals surface area (Å²) in [7, 11) is -1.38. The number of nitrogens with zero attached hydrogens (tertiary/aromatic N) is 1. The Balaban J connectivity index is 1.61. The molecule has 0 aromatic heterocycles. The maximum atomic E-state index is 12.0. The van der Waals surface area contributed by atoms with Crippen molar-refractivity contribution in [3.8, 4) is 11.1 Å². The Bertz CT molecular complexity index is 944. The molecule has 30 heavy (non-hydrogen) atoms. The fraction of sp³-hybridized carbons (Fsp3) is 0.348. The third-order valence-electron chi connectivity index (χ3n) is 5.85. The zero-order valence-electron chi connectivity index (χ0n) is 17.2. The predicted molar refractivity (Wildman–Crippen MR) is 123 cm³/mol. The molecular formula is C23H27ClN2O3S. The van der Waals surface area contributed by atoms with Crippen molar-refractivity contribution in [2.45, 2.75) is 24.5 Å². The van der Waals surface area contributed by atoms with Gasteiger partial charge in [0.15, 0.2) is 0 Å². The number of carbonyl (C=O) groups excluding carboxylic acids is 1. The van der Waals surface area contributed by atoms with Crippen LogP contribution >= 0.6 is 11.6 Å². The molecule has 2 N–H and O–H groups in total. The number of hydrogen-bond donors (Lipinski definition) is 2. The van der Waals surface area contributed by atoms with Crippen LogP contribution in [0.1, 0.15) is 25.3 Å². The standard InChI is InChI=1S/C23H27ClN2O3S/c1-23(30(2)29,22(27)25-28)13-16-26-14-11-20(12-15-26)18-5-3-17(4-6-18)19-7-9-21(24)10-8-19/h3-11,28H,12-16H2,1-2H3,(H,25,27). The minimum Gasteiger partial charge on any atom is -0.299 e. The molecule has 1 aliphatic heterocycles. The van der Waals surface area contributed by atoms with Gasteiger partial charge in [0, 0.05) is 41.7 Å². The van der Waals surface area contributed by atoms with Gasteiger partial charge in [-0.1, -0.05) is 54.1 Å². The van der Waals surface area contributed by atoms with Crippen molar-refractivity contribution in [1.29, 1.82) is 0 Å². The minimum atomic E-state index is -1.38. The van der Waals surface area contributed by atoms with Gasteiger partial charge in [-0.2, -0.15) is 0 Å². The van der Waals surface area contributed by atoms with Gasteiger partial charge >= 0.3 is 0 Å². The third kappa shape index (κ3) is 5.19. The summed E-state index contributed by atoms with van der Waals surface area (Å²) in [5.41, 5.74) is 6.47. The highest BCUT2D eigenvalue weighted by atomic mass is 35.5. The average molecular weight is 447 g/mol. The lowest BCUT2D eigenvalue weighted by Gasteiger charge is -2.31. The Labute approximate surface area is 185 Å². The maximum Gasteiger partial charge on any atom is 0.261 e. The van der Waals surface area contributed by atoms with Crippen LogP contribution in [-0.2, 0) is 15.6 Å². The third-order valence-corrected chi connectivity index (χ3v) is 7.76. The molecule has 0 saturated carbocycles. The summed E-state index contributed by atoms with van der Waals surface area (Å²) in [5.74, 6) is -0.600. The molecule has 0 radical (unpaired) electrons. The molecule has 0 bridgehead atoms. The zero-order valence-corrected chi connectivity index (χ0v) is 18.8. The Morgan fingerprint density at radius 1 is 1.13 bits per heavy atom.